The highest BCUT2D eigenvalue weighted by Crippen LogP contribution is 2.41. The molecule has 30 heavy (non-hydrogen) atoms. The smallest absolute Gasteiger partial charge is 0.269 e. The highest BCUT2D eigenvalue weighted by molar-refractivity contribution is 7.80. The maximum atomic E-state index is 12.9. The Hall–Kier alpha value is -3.40. The van der Waals surface area contributed by atoms with Crippen molar-refractivity contribution in [2.24, 2.45) is 5.10 Å². The van der Waals surface area contributed by atoms with Crippen molar-refractivity contribution in [1.29, 1.82) is 0 Å². The van der Waals surface area contributed by atoms with Crippen LogP contribution in [0.4, 0.5) is 0 Å². The summed E-state index contributed by atoms with van der Waals surface area (Å²) < 4.78 is 22.3. The number of hydrazone groups is 1. The lowest BCUT2D eigenvalue weighted by Gasteiger charge is -2.15. The van der Waals surface area contributed by atoms with Crippen molar-refractivity contribution in [3.05, 3.63) is 34.4 Å². The second-order valence-electron chi connectivity index (χ2n) is 6.60. The molecule has 0 atom stereocenters. The van der Waals surface area contributed by atoms with Gasteiger partial charge in [-0.05, 0) is 24.7 Å². The number of carbonyl (C=O) groups is 1. The number of thiocarbonyl (C=S) groups is 1. The van der Waals surface area contributed by atoms with Gasteiger partial charge >= 0.3 is 0 Å². The first kappa shape index (κ1) is 19.9. The van der Waals surface area contributed by atoms with Gasteiger partial charge in [0, 0.05) is 12.6 Å². The van der Waals surface area contributed by atoms with Crippen LogP contribution >= 0.6 is 12.2 Å². The molecule has 3 aromatic rings. The van der Waals surface area contributed by atoms with Crippen LogP contribution < -0.4 is 14.9 Å². The van der Waals surface area contributed by atoms with E-state index in [1.165, 1.54) is 32.8 Å². The minimum atomic E-state index is -0.348. The van der Waals surface area contributed by atoms with E-state index in [-0.39, 0.29) is 40.4 Å². The minimum Gasteiger partial charge on any atom is -0.495 e. The van der Waals surface area contributed by atoms with E-state index in [9.17, 15) is 9.59 Å². The summed E-state index contributed by atoms with van der Waals surface area (Å²) in [6.45, 7) is 2.84. The Morgan fingerprint density at radius 1 is 1.23 bits per heavy atom. The number of nitrogens with zero attached hydrogens (tertiary/aromatic N) is 3. The maximum Gasteiger partial charge on any atom is 0.269 e. The first-order valence-corrected chi connectivity index (χ1v) is 9.65. The molecule has 0 aliphatic carbocycles. The van der Waals surface area contributed by atoms with E-state index >= 15 is 0 Å². The summed E-state index contributed by atoms with van der Waals surface area (Å²) >= 11 is 5.31. The van der Waals surface area contributed by atoms with Gasteiger partial charge in [-0.15, -0.1) is 0 Å². The highest BCUT2D eigenvalue weighted by Gasteiger charge is 2.32. The van der Waals surface area contributed by atoms with Crippen LogP contribution in [-0.4, -0.2) is 54.5 Å². The quantitative estimate of drug-likeness (QED) is 0.436. The van der Waals surface area contributed by atoms with Crippen LogP contribution in [-0.2, 0) is 4.79 Å². The minimum absolute atomic E-state index is 0.128. The molecule has 4 rings (SSSR count). The number of rotatable bonds is 6. The first-order valence-electron chi connectivity index (χ1n) is 9.25. The molecule has 10 heteroatoms. The van der Waals surface area contributed by atoms with Crippen molar-refractivity contribution >= 4 is 51.4 Å². The Bertz CT molecular complexity index is 1240. The molecular weight excluding hydrogens is 410 g/mol. The van der Waals surface area contributed by atoms with Gasteiger partial charge in [0.05, 0.1) is 32.1 Å². The zero-order valence-electron chi connectivity index (χ0n) is 16.6. The van der Waals surface area contributed by atoms with Gasteiger partial charge in [0.1, 0.15) is 17.7 Å². The molecule has 1 saturated heterocycles. The largest absolute Gasteiger partial charge is 0.495 e. The third-order valence-corrected chi connectivity index (χ3v) is 5.16. The van der Waals surface area contributed by atoms with E-state index in [1.54, 1.807) is 11.0 Å². The Kier molecular flexibility index (Phi) is 5.17. The van der Waals surface area contributed by atoms with Crippen molar-refractivity contribution in [3.63, 3.8) is 0 Å². The lowest BCUT2D eigenvalue weighted by Crippen LogP contribution is -2.29. The molecule has 0 bridgehead atoms. The summed E-state index contributed by atoms with van der Waals surface area (Å²) in [7, 11) is 2.91. The Labute approximate surface area is 176 Å². The van der Waals surface area contributed by atoms with Crippen molar-refractivity contribution in [1.82, 2.24) is 9.91 Å². The van der Waals surface area contributed by atoms with Crippen molar-refractivity contribution < 1.29 is 23.1 Å². The lowest BCUT2D eigenvalue weighted by atomic mass is 10.1. The number of hydrogen-bond acceptors (Lipinski definition) is 8. The molecule has 156 valence electrons. The second kappa shape index (κ2) is 7.79. The standard InChI is InChI=1S/C20H19N3O6S/c1-4-6-22-10-14(25)23(20(22)30)21-9-11-8-13(24)15-16(26-2)12-5-7-28-17(12)19(27-3)18(15)29-11/h5,7-9H,4,6,10H2,1-3H3/b21-9+. The predicted molar refractivity (Wildman–Crippen MR) is 114 cm³/mol. The van der Waals surface area contributed by atoms with Crippen molar-refractivity contribution in [2.75, 3.05) is 27.3 Å². The van der Waals surface area contributed by atoms with Gasteiger partial charge in [0.2, 0.25) is 5.75 Å². The second-order valence-corrected chi connectivity index (χ2v) is 6.97. The van der Waals surface area contributed by atoms with Gasteiger partial charge in [-0.25, -0.2) is 0 Å². The van der Waals surface area contributed by atoms with Crippen LogP contribution in [0.1, 0.15) is 19.1 Å². The Morgan fingerprint density at radius 2 is 2.00 bits per heavy atom. The molecule has 1 aliphatic heterocycles. The number of carbonyl (C=O) groups excluding carboxylic acids is 1. The van der Waals surface area contributed by atoms with E-state index < -0.39 is 0 Å². The molecule has 0 spiro atoms. The molecule has 1 amide bonds. The van der Waals surface area contributed by atoms with E-state index in [1.807, 2.05) is 6.92 Å². The number of methoxy groups -OCH3 is 2. The third-order valence-electron chi connectivity index (χ3n) is 4.73. The normalized spacial score (nSPS) is 14.6. The molecule has 0 unspecified atom stereocenters. The number of furan rings is 1. The zero-order valence-corrected chi connectivity index (χ0v) is 17.4. The van der Waals surface area contributed by atoms with Gasteiger partial charge in [-0.3, -0.25) is 9.59 Å². The summed E-state index contributed by atoms with van der Waals surface area (Å²) in [5.41, 5.74) is 0.206. The van der Waals surface area contributed by atoms with Crippen LogP contribution in [0.15, 0.2) is 37.1 Å². The first-order chi connectivity index (χ1) is 14.5. The fourth-order valence-electron chi connectivity index (χ4n) is 3.46. The molecule has 0 saturated carbocycles. The summed E-state index contributed by atoms with van der Waals surface area (Å²) in [4.78, 5) is 26.9. The fraction of sp³-hybridized carbons (Fsp3) is 0.300. The average Bonchev–Trinajstić information content (AvgIpc) is 3.30. The van der Waals surface area contributed by atoms with Crippen molar-refractivity contribution in [2.45, 2.75) is 13.3 Å². The number of ether oxygens (including phenoxy) is 2. The predicted octanol–water partition coefficient (Wildman–Crippen LogP) is 2.73. The van der Waals surface area contributed by atoms with Crippen LogP contribution in [0.2, 0.25) is 0 Å². The van der Waals surface area contributed by atoms with Crippen LogP contribution in [0, 0.1) is 0 Å². The highest BCUT2D eigenvalue weighted by atomic mass is 32.1. The summed E-state index contributed by atoms with van der Waals surface area (Å²) in [5, 5.41) is 6.40. The molecule has 1 fully saturated rings. The lowest BCUT2D eigenvalue weighted by molar-refractivity contribution is -0.125. The van der Waals surface area contributed by atoms with Crippen molar-refractivity contribution in [3.8, 4) is 11.5 Å². The Balaban J connectivity index is 1.81. The van der Waals surface area contributed by atoms with Gasteiger partial charge in [-0.1, -0.05) is 6.92 Å². The monoisotopic (exact) mass is 429 g/mol. The van der Waals surface area contributed by atoms with Crippen LogP contribution in [0.25, 0.3) is 21.9 Å². The molecule has 0 radical (unpaired) electrons. The maximum absolute atomic E-state index is 12.9. The molecule has 1 aromatic carbocycles. The molecule has 3 heterocycles. The molecule has 9 nitrogen and oxygen atoms in total. The Morgan fingerprint density at radius 3 is 2.70 bits per heavy atom. The van der Waals surface area contributed by atoms with Crippen LogP contribution in [0.3, 0.4) is 0 Å². The van der Waals surface area contributed by atoms with E-state index in [2.05, 4.69) is 5.10 Å². The third kappa shape index (κ3) is 3.09. The molecule has 2 aromatic heterocycles. The van der Waals surface area contributed by atoms with E-state index in [0.717, 1.165) is 11.4 Å². The SMILES string of the molecule is CCCN1CC(=O)N(/N=C/c2cc(=O)c3c(OC)c4ccoc4c(OC)c3o2)C1=S. The summed E-state index contributed by atoms with van der Waals surface area (Å²) in [5.74, 6) is 0.477. The number of hydrogen-bond donors (Lipinski definition) is 0. The summed E-state index contributed by atoms with van der Waals surface area (Å²) in [6, 6.07) is 2.96. The number of benzene rings is 1. The van der Waals surface area contributed by atoms with Gasteiger partial charge < -0.3 is 23.2 Å². The molecule has 1 aliphatic rings. The van der Waals surface area contributed by atoms with E-state index in [4.69, 9.17) is 30.5 Å². The molecular formula is C20H19N3O6S. The van der Waals surface area contributed by atoms with Gasteiger partial charge in [0.15, 0.2) is 27.5 Å². The fourth-order valence-corrected chi connectivity index (χ4v) is 3.77. The number of fused-ring (bicyclic) bond motifs is 2. The van der Waals surface area contributed by atoms with Gasteiger partial charge in [-0.2, -0.15) is 10.1 Å². The van der Waals surface area contributed by atoms with E-state index in [0.29, 0.717) is 28.4 Å². The van der Waals surface area contributed by atoms with Gasteiger partial charge in [0.25, 0.3) is 5.91 Å². The topological polar surface area (TPSA) is 97.7 Å². The summed E-state index contributed by atoms with van der Waals surface area (Å²) in [6.07, 6.45) is 3.61. The van der Waals surface area contributed by atoms with Crippen LogP contribution in [0.5, 0.6) is 11.5 Å². The average molecular weight is 429 g/mol. The molecule has 0 N–H and O–H groups in total. The zero-order chi connectivity index (χ0) is 21.4. The number of amides is 1.